The molecule has 112 valence electrons. The molecule has 0 aromatic heterocycles. The van der Waals surface area contributed by atoms with Gasteiger partial charge in [0.15, 0.2) is 0 Å². The molecule has 0 amide bonds. The molecular formula is C20H30Mg. The van der Waals surface area contributed by atoms with Gasteiger partial charge in [-0.25, -0.2) is 24.3 Å². The summed E-state index contributed by atoms with van der Waals surface area (Å²) in [6.07, 6.45) is 2.33. The second kappa shape index (κ2) is 10.2. The van der Waals surface area contributed by atoms with Gasteiger partial charge in [0.25, 0.3) is 0 Å². The first-order valence-electron chi connectivity index (χ1n) is 8.00. The van der Waals surface area contributed by atoms with Crippen LogP contribution in [0.1, 0.15) is 75.6 Å². The Morgan fingerprint density at radius 3 is 1.29 bits per heavy atom. The van der Waals surface area contributed by atoms with E-state index < -0.39 is 0 Å². The first-order valence-corrected chi connectivity index (χ1v) is 8.00. The average Bonchev–Trinajstić information content (AvgIpc) is 3.07. The summed E-state index contributed by atoms with van der Waals surface area (Å²) in [4.78, 5) is 0. The van der Waals surface area contributed by atoms with Gasteiger partial charge >= 0.3 is 23.1 Å². The van der Waals surface area contributed by atoms with Crippen LogP contribution in [0.5, 0.6) is 0 Å². The third kappa shape index (κ3) is 6.00. The molecule has 0 bridgehead atoms. The predicted molar refractivity (Wildman–Crippen MR) is 96.8 cm³/mol. The molecule has 2 rings (SSSR count). The maximum absolute atomic E-state index is 2.24. The summed E-state index contributed by atoms with van der Waals surface area (Å²) < 4.78 is 0. The van der Waals surface area contributed by atoms with Crippen LogP contribution in [0.2, 0.25) is 0 Å². The molecular weight excluding hydrogens is 265 g/mol. The summed E-state index contributed by atoms with van der Waals surface area (Å²) >= 11 is 0. The van der Waals surface area contributed by atoms with Gasteiger partial charge in [-0.1, -0.05) is 54.4 Å². The number of aryl methyl sites for hydroxylation is 2. The Labute approximate surface area is 147 Å². The van der Waals surface area contributed by atoms with Crippen molar-refractivity contribution in [1.82, 2.24) is 0 Å². The summed E-state index contributed by atoms with van der Waals surface area (Å²) in [5, 5.41) is 0. The van der Waals surface area contributed by atoms with Crippen molar-refractivity contribution >= 4 is 23.1 Å². The van der Waals surface area contributed by atoms with E-state index in [4.69, 9.17) is 0 Å². The Kier molecular flexibility index (Phi) is 9.98. The molecule has 0 nitrogen and oxygen atoms in total. The van der Waals surface area contributed by atoms with Crippen LogP contribution in [-0.4, -0.2) is 23.1 Å². The first kappa shape index (κ1) is 20.5. The summed E-state index contributed by atoms with van der Waals surface area (Å²) in [5.41, 5.74) is 6.05. The molecule has 0 aliphatic heterocycles. The van der Waals surface area contributed by atoms with E-state index in [0.29, 0.717) is 11.8 Å². The minimum absolute atomic E-state index is 0. The van der Waals surface area contributed by atoms with E-state index in [1.54, 1.807) is 0 Å². The summed E-state index contributed by atoms with van der Waals surface area (Å²) in [7, 11) is 0. The van der Waals surface area contributed by atoms with Gasteiger partial charge in [0.2, 0.25) is 0 Å². The normalized spacial score (nSPS) is 10.3. The van der Waals surface area contributed by atoms with E-state index in [1.165, 1.54) is 35.1 Å². The van der Waals surface area contributed by atoms with Crippen molar-refractivity contribution in [3.05, 3.63) is 58.7 Å². The second-order valence-electron chi connectivity index (χ2n) is 6.03. The molecule has 0 unspecified atom stereocenters. The molecule has 0 aliphatic carbocycles. The number of hydrogen-bond acceptors (Lipinski definition) is 0. The van der Waals surface area contributed by atoms with Gasteiger partial charge in [0.1, 0.15) is 0 Å². The van der Waals surface area contributed by atoms with E-state index in [2.05, 4.69) is 77.9 Å². The van der Waals surface area contributed by atoms with Gasteiger partial charge in [-0.15, -0.1) is 0 Å². The Morgan fingerprint density at radius 2 is 1.10 bits per heavy atom. The van der Waals surface area contributed by atoms with E-state index in [9.17, 15) is 0 Å². The molecule has 0 spiro atoms. The molecule has 21 heavy (non-hydrogen) atoms. The van der Waals surface area contributed by atoms with Crippen LogP contribution in [0.3, 0.4) is 0 Å². The van der Waals surface area contributed by atoms with Crippen molar-refractivity contribution in [2.75, 3.05) is 0 Å². The van der Waals surface area contributed by atoms with Crippen molar-refractivity contribution in [2.24, 2.45) is 0 Å². The fourth-order valence-corrected chi connectivity index (χ4v) is 2.71. The van der Waals surface area contributed by atoms with Crippen molar-refractivity contribution < 1.29 is 0 Å². The molecule has 0 aliphatic rings. The molecule has 0 atom stereocenters. The van der Waals surface area contributed by atoms with E-state index in [1.807, 2.05) is 0 Å². The van der Waals surface area contributed by atoms with Crippen molar-refractivity contribution in [3.8, 4) is 0 Å². The largest absolute Gasteiger partial charge is 2.00 e. The van der Waals surface area contributed by atoms with Crippen molar-refractivity contribution in [3.63, 3.8) is 0 Å². The molecule has 1 heteroatoms. The minimum Gasteiger partial charge on any atom is -0.213 e. The zero-order chi connectivity index (χ0) is 15.1. The molecule has 0 N–H and O–H groups in total. The maximum Gasteiger partial charge on any atom is 2.00 e. The molecule has 0 radical (unpaired) electrons. The SMILES string of the molecule is CC[c-]1cccc1C(C)C.CC[c-]1cccc1C(C)C.[Mg+2]. The average molecular weight is 295 g/mol. The molecule has 0 fully saturated rings. The first-order chi connectivity index (χ1) is 9.51. The van der Waals surface area contributed by atoms with Crippen LogP contribution in [-0.2, 0) is 12.8 Å². The van der Waals surface area contributed by atoms with Crippen molar-refractivity contribution in [2.45, 2.75) is 66.2 Å². The van der Waals surface area contributed by atoms with Gasteiger partial charge in [0, 0.05) is 0 Å². The van der Waals surface area contributed by atoms with Crippen LogP contribution in [0.15, 0.2) is 36.4 Å². The Bertz CT molecular complexity index is 439. The molecule has 2 aromatic carbocycles. The van der Waals surface area contributed by atoms with E-state index in [0.717, 1.165) is 0 Å². The fraction of sp³-hybridized carbons (Fsp3) is 0.500. The standard InChI is InChI=1S/2C10H15.Mg/c2*1-4-9-6-5-7-10(9)8(2)3;/h2*5-8H,4H2,1-3H3;/q2*-1;+2. The topological polar surface area (TPSA) is 0 Å². The molecule has 0 saturated carbocycles. The third-order valence-corrected chi connectivity index (χ3v) is 3.89. The minimum atomic E-state index is 0. The van der Waals surface area contributed by atoms with Crippen LogP contribution < -0.4 is 0 Å². The number of rotatable bonds is 4. The molecule has 0 saturated heterocycles. The summed E-state index contributed by atoms with van der Waals surface area (Å²) in [5.74, 6) is 1.37. The van der Waals surface area contributed by atoms with Crippen molar-refractivity contribution in [1.29, 1.82) is 0 Å². The summed E-state index contributed by atoms with van der Waals surface area (Å²) in [6, 6.07) is 13.2. The summed E-state index contributed by atoms with van der Waals surface area (Å²) in [6.45, 7) is 13.4. The fourth-order valence-electron chi connectivity index (χ4n) is 2.71. The van der Waals surface area contributed by atoms with E-state index in [-0.39, 0.29) is 23.1 Å². The Balaban J connectivity index is 0.000000364. The third-order valence-electron chi connectivity index (χ3n) is 3.89. The number of hydrogen-bond donors (Lipinski definition) is 0. The quantitative estimate of drug-likeness (QED) is 0.493. The van der Waals surface area contributed by atoms with E-state index >= 15 is 0 Å². The Hall–Kier alpha value is -0.534. The molecule has 2 aromatic rings. The van der Waals surface area contributed by atoms with Gasteiger partial charge in [-0.3, -0.25) is 0 Å². The smallest absolute Gasteiger partial charge is 0.213 e. The van der Waals surface area contributed by atoms with Crippen LogP contribution in [0, 0.1) is 0 Å². The van der Waals surface area contributed by atoms with Crippen LogP contribution >= 0.6 is 0 Å². The van der Waals surface area contributed by atoms with Crippen LogP contribution in [0.25, 0.3) is 0 Å². The van der Waals surface area contributed by atoms with Gasteiger partial charge < -0.3 is 0 Å². The molecule has 0 heterocycles. The van der Waals surface area contributed by atoms with Gasteiger partial charge in [-0.2, -0.15) is 34.4 Å². The van der Waals surface area contributed by atoms with Crippen LogP contribution in [0.4, 0.5) is 0 Å². The zero-order valence-electron chi connectivity index (χ0n) is 14.7. The Morgan fingerprint density at radius 1 is 0.762 bits per heavy atom. The monoisotopic (exact) mass is 294 g/mol. The second-order valence-corrected chi connectivity index (χ2v) is 6.03. The maximum atomic E-state index is 2.24. The zero-order valence-corrected chi connectivity index (χ0v) is 16.2. The predicted octanol–water partition coefficient (Wildman–Crippen LogP) is 5.80. The van der Waals surface area contributed by atoms with Gasteiger partial charge in [0.05, 0.1) is 0 Å². The van der Waals surface area contributed by atoms with Gasteiger partial charge in [-0.05, 0) is 11.8 Å².